The first-order chi connectivity index (χ1) is 6.61. The molecule has 0 aliphatic carbocycles. The molecule has 2 aromatic rings. The minimum atomic E-state index is -1.31. The molecule has 0 aromatic carbocycles. The smallest absolute Gasteiger partial charge is 0.375 e. The number of fused-ring (bicyclic) bond motifs is 1. The first-order valence-electron chi connectivity index (χ1n) is 3.91. The summed E-state index contributed by atoms with van der Waals surface area (Å²) in [6.07, 6.45) is 1.49. The molecule has 0 radical (unpaired) electrons. The van der Waals surface area contributed by atoms with E-state index in [4.69, 9.17) is 9.52 Å². The summed E-state index contributed by atoms with van der Waals surface area (Å²) in [5, 5.41) is 18.6. The Kier molecular flexibility index (Phi) is 1.67. The van der Waals surface area contributed by atoms with Gasteiger partial charge in [-0.15, -0.1) is 0 Å². The van der Waals surface area contributed by atoms with E-state index in [-0.39, 0.29) is 11.5 Å². The summed E-state index contributed by atoms with van der Waals surface area (Å²) in [5.41, 5.74) is 0.864. The molecule has 2 N–H and O–H groups in total. The van der Waals surface area contributed by atoms with Crippen molar-refractivity contribution in [1.82, 2.24) is 4.98 Å². The molecular formula is C9H7NO4. The van der Waals surface area contributed by atoms with Crippen LogP contribution in [0.15, 0.2) is 16.7 Å². The first-order valence-corrected chi connectivity index (χ1v) is 3.91. The number of nitrogens with zero attached hydrogens (tertiary/aromatic N) is 1. The second-order valence-electron chi connectivity index (χ2n) is 2.89. The third kappa shape index (κ3) is 1.02. The SMILES string of the molecule is Cc1ccnc2oc(C(=O)O)c(O)c12. The molecule has 2 heterocycles. The maximum atomic E-state index is 10.6. The highest BCUT2D eigenvalue weighted by Gasteiger charge is 2.20. The molecule has 0 saturated heterocycles. The predicted octanol–water partition coefficient (Wildman–Crippen LogP) is 1.54. The van der Waals surface area contributed by atoms with Crippen LogP contribution in [-0.4, -0.2) is 21.2 Å². The zero-order chi connectivity index (χ0) is 10.3. The Labute approximate surface area is 78.6 Å². The Bertz CT molecular complexity index is 515. The summed E-state index contributed by atoms with van der Waals surface area (Å²) in [6, 6.07) is 1.67. The summed E-state index contributed by atoms with van der Waals surface area (Å²) in [4.78, 5) is 14.4. The predicted molar refractivity (Wildman–Crippen MR) is 47.4 cm³/mol. The van der Waals surface area contributed by atoms with Crippen LogP contribution in [-0.2, 0) is 0 Å². The van der Waals surface area contributed by atoms with Crippen LogP contribution in [0.4, 0.5) is 0 Å². The third-order valence-corrected chi connectivity index (χ3v) is 1.97. The van der Waals surface area contributed by atoms with E-state index in [1.807, 2.05) is 0 Å². The van der Waals surface area contributed by atoms with Gasteiger partial charge in [0.05, 0.1) is 5.39 Å². The number of hydrogen-bond acceptors (Lipinski definition) is 4. The van der Waals surface area contributed by atoms with E-state index < -0.39 is 11.7 Å². The largest absolute Gasteiger partial charge is 0.503 e. The zero-order valence-corrected chi connectivity index (χ0v) is 7.31. The molecular weight excluding hydrogens is 186 g/mol. The van der Waals surface area contributed by atoms with Crippen LogP contribution in [0.2, 0.25) is 0 Å². The summed E-state index contributed by atoms with van der Waals surface area (Å²) in [6.45, 7) is 1.74. The Hall–Kier alpha value is -2.04. The van der Waals surface area contributed by atoms with Gasteiger partial charge in [-0.25, -0.2) is 9.78 Å². The van der Waals surface area contributed by atoms with E-state index in [1.54, 1.807) is 13.0 Å². The number of pyridine rings is 1. The van der Waals surface area contributed by atoms with Crippen molar-refractivity contribution in [2.75, 3.05) is 0 Å². The first kappa shape index (κ1) is 8.55. The Morgan fingerprint density at radius 2 is 2.29 bits per heavy atom. The molecule has 2 aromatic heterocycles. The number of furan rings is 1. The van der Waals surface area contributed by atoms with Crippen LogP contribution in [0.25, 0.3) is 11.1 Å². The van der Waals surface area contributed by atoms with E-state index in [9.17, 15) is 9.90 Å². The van der Waals surface area contributed by atoms with Crippen molar-refractivity contribution in [2.24, 2.45) is 0 Å². The zero-order valence-electron chi connectivity index (χ0n) is 7.31. The Balaban J connectivity index is 2.87. The van der Waals surface area contributed by atoms with E-state index in [0.717, 1.165) is 5.56 Å². The van der Waals surface area contributed by atoms with Crippen molar-refractivity contribution in [3.63, 3.8) is 0 Å². The number of carbonyl (C=O) groups is 1. The molecule has 0 unspecified atom stereocenters. The maximum Gasteiger partial charge on any atom is 0.375 e. The topological polar surface area (TPSA) is 83.6 Å². The molecule has 0 saturated carbocycles. The molecule has 0 fully saturated rings. The summed E-state index contributed by atoms with van der Waals surface area (Å²) in [5.74, 6) is -2.14. The Morgan fingerprint density at radius 1 is 1.57 bits per heavy atom. The number of aromatic hydroxyl groups is 1. The molecule has 0 aliphatic rings. The van der Waals surface area contributed by atoms with Gasteiger partial charge in [-0.1, -0.05) is 0 Å². The van der Waals surface area contributed by atoms with Crippen molar-refractivity contribution in [3.05, 3.63) is 23.6 Å². The minimum Gasteiger partial charge on any atom is -0.503 e. The van der Waals surface area contributed by atoms with Crippen LogP contribution in [0.3, 0.4) is 0 Å². The highest BCUT2D eigenvalue weighted by molar-refractivity contribution is 5.97. The molecule has 5 nitrogen and oxygen atoms in total. The number of rotatable bonds is 1. The average molecular weight is 193 g/mol. The van der Waals surface area contributed by atoms with Gasteiger partial charge in [0, 0.05) is 6.20 Å². The molecule has 0 spiro atoms. The lowest BCUT2D eigenvalue weighted by Crippen LogP contribution is -1.92. The lowest BCUT2D eigenvalue weighted by molar-refractivity contribution is 0.0660. The fourth-order valence-electron chi connectivity index (χ4n) is 1.30. The second-order valence-corrected chi connectivity index (χ2v) is 2.89. The van der Waals surface area contributed by atoms with Crippen molar-refractivity contribution < 1.29 is 19.4 Å². The molecule has 14 heavy (non-hydrogen) atoms. The standard InChI is InChI=1S/C9H7NO4/c1-4-2-3-10-8-5(4)6(11)7(14-8)9(12)13/h2-3,11H,1H3,(H,12,13). The quantitative estimate of drug-likeness (QED) is 0.717. The number of aromatic carboxylic acids is 1. The number of hydrogen-bond donors (Lipinski definition) is 2. The second kappa shape index (κ2) is 2.73. The van der Waals surface area contributed by atoms with Gasteiger partial charge >= 0.3 is 5.97 Å². The number of carboxylic acids is 1. The number of carboxylic acid groups (broad SMARTS) is 1. The van der Waals surface area contributed by atoms with Crippen molar-refractivity contribution in [1.29, 1.82) is 0 Å². The Morgan fingerprint density at radius 3 is 2.86 bits per heavy atom. The van der Waals surface area contributed by atoms with Gasteiger partial charge in [0.15, 0.2) is 5.75 Å². The van der Waals surface area contributed by atoms with E-state index in [1.165, 1.54) is 6.20 Å². The van der Waals surface area contributed by atoms with Crippen molar-refractivity contribution in [3.8, 4) is 5.75 Å². The number of aryl methyl sites for hydroxylation is 1. The van der Waals surface area contributed by atoms with Gasteiger partial charge in [0.1, 0.15) is 0 Å². The molecule has 0 atom stereocenters. The van der Waals surface area contributed by atoms with E-state index in [2.05, 4.69) is 4.98 Å². The van der Waals surface area contributed by atoms with Gasteiger partial charge < -0.3 is 14.6 Å². The lowest BCUT2D eigenvalue weighted by Gasteiger charge is -1.92. The fraction of sp³-hybridized carbons (Fsp3) is 0.111. The lowest BCUT2D eigenvalue weighted by atomic mass is 10.2. The summed E-state index contributed by atoms with van der Waals surface area (Å²) >= 11 is 0. The van der Waals surface area contributed by atoms with Crippen LogP contribution in [0, 0.1) is 6.92 Å². The van der Waals surface area contributed by atoms with Crippen molar-refractivity contribution in [2.45, 2.75) is 6.92 Å². The van der Waals surface area contributed by atoms with Crippen molar-refractivity contribution >= 4 is 17.1 Å². The van der Waals surface area contributed by atoms with Gasteiger partial charge in [-0.2, -0.15) is 0 Å². The normalized spacial score (nSPS) is 10.6. The van der Waals surface area contributed by atoms with Crippen LogP contribution in [0.5, 0.6) is 5.75 Å². The van der Waals surface area contributed by atoms with Crippen LogP contribution < -0.4 is 0 Å². The fourth-order valence-corrected chi connectivity index (χ4v) is 1.30. The average Bonchev–Trinajstić information content (AvgIpc) is 2.45. The van der Waals surface area contributed by atoms with Gasteiger partial charge in [-0.3, -0.25) is 0 Å². The maximum absolute atomic E-state index is 10.6. The van der Waals surface area contributed by atoms with Gasteiger partial charge in [0.2, 0.25) is 5.71 Å². The number of aromatic nitrogens is 1. The molecule has 0 amide bonds. The molecule has 72 valence electrons. The minimum absolute atomic E-state index is 0.139. The highest BCUT2D eigenvalue weighted by atomic mass is 16.4. The summed E-state index contributed by atoms with van der Waals surface area (Å²) < 4.78 is 4.88. The van der Waals surface area contributed by atoms with Crippen LogP contribution >= 0.6 is 0 Å². The van der Waals surface area contributed by atoms with E-state index in [0.29, 0.717) is 5.39 Å². The third-order valence-electron chi connectivity index (χ3n) is 1.97. The van der Waals surface area contributed by atoms with E-state index >= 15 is 0 Å². The highest BCUT2D eigenvalue weighted by Crippen LogP contribution is 2.32. The summed E-state index contributed by atoms with van der Waals surface area (Å²) in [7, 11) is 0. The van der Waals surface area contributed by atoms with Gasteiger partial charge in [0.25, 0.3) is 5.76 Å². The van der Waals surface area contributed by atoms with Gasteiger partial charge in [-0.05, 0) is 18.6 Å². The molecule has 2 rings (SSSR count). The van der Waals surface area contributed by atoms with Crippen LogP contribution in [0.1, 0.15) is 16.1 Å². The monoisotopic (exact) mass is 193 g/mol. The molecule has 0 bridgehead atoms. The molecule has 5 heteroatoms. The molecule has 0 aliphatic heterocycles.